The van der Waals surface area contributed by atoms with Crippen molar-refractivity contribution in [2.75, 3.05) is 11.4 Å². The van der Waals surface area contributed by atoms with Gasteiger partial charge in [0.25, 0.3) is 0 Å². The van der Waals surface area contributed by atoms with E-state index in [1.807, 2.05) is 22.7 Å². The highest BCUT2D eigenvalue weighted by molar-refractivity contribution is 9.10. The van der Waals surface area contributed by atoms with Gasteiger partial charge in [-0.25, -0.2) is 9.78 Å². The van der Waals surface area contributed by atoms with Gasteiger partial charge in [-0.3, -0.25) is 19.4 Å². The van der Waals surface area contributed by atoms with E-state index < -0.39 is 6.03 Å². The summed E-state index contributed by atoms with van der Waals surface area (Å²) in [6, 6.07) is 3.24. The van der Waals surface area contributed by atoms with Gasteiger partial charge in [0.1, 0.15) is 4.60 Å². The van der Waals surface area contributed by atoms with Crippen LogP contribution in [0.25, 0.3) is 5.65 Å². The van der Waals surface area contributed by atoms with E-state index in [4.69, 9.17) is 0 Å². The van der Waals surface area contributed by atoms with E-state index in [9.17, 15) is 9.59 Å². The molecule has 1 aliphatic rings. The molecule has 0 atom stereocenters. The zero-order valence-corrected chi connectivity index (χ0v) is 10.8. The number of nitrogens with zero attached hydrogens (tertiary/aromatic N) is 3. The van der Waals surface area contributed by atoms with Crippen LogP contribution in [0.4, 0.5) is 10.5 Å². The van der Waals surface area contributed by atoms with Gasteiger partial charge in [0, 0.05) is 19.2 Å². The summed E-state index contributed by atoms with van der Waals surface area (Å²) in [5, 5.41) is 2.30. The molecule has 1 aliphatic heterocycles. The van der Waals surface area contributed by atoms with Gasteiger partial charge < -0.3 is 0 Å². The SMILES string of the molecule is O=C1CCN(c2cccn3c(Br)cnc23)C(=O)N1. The van der Waals surface area contributed by atoms with E-state index >= 15 is 0 Å². The summed E-state index contributed by atoms with van der Waals surface area (Å²) in [4.78, 5) is 28.7. The summed E-state index contributed by atoms with van der Waals surface area (Å²) in [5.41, 5.74) is 1.36. The molecule has 1 fully saturated rings. The molecule has 2 aromatic heterocycles. The summed E-state index contributed by atoms with van der Waals surface area (Å²) in [6.45, 7) is 0.370. The number of nitrogens with one attached hydrogen (secondary N) is 1. The third kappa shape index (κ3) is 1.67. The Kier molecular flexibility index (Phi) is 2.55. The molecule has 0 aromatic carbocycles. The van der Waals surface area contributed by atoms with Crippen LogP contribution in [0.15, 0.2) is 29.1 Å². The molecule has 3 rings (SSSR count). The number of hydrogen-bond donors (Lipinski definition) is 1. The molecule has 0 spiro atoms. The number of rotatable bonds is 1. The first kappa shape index (κ1) is 11.2. The van der Waals surface area contributed by atoms with Gasteiger partial charge in [-0.15, -0.1) is 0 Å². The van der Waals surface area contributed by atoms with Crippen LogP contribution >= 0.6 is 15.9 Å². The zero-order chi connectivity index (χ0) is 12.7. The second kappa shape index (κ2) is 4.09. The fraction of sp³-hybridized carbons (Fsp3) is 0.182. The monoisotopic (exact) mass is 308 g/mol. The van der Waals surface area contributed by atoms with Crippen molar-refractivity contribution in [2.24, 2.45) is 0 Å². The lowest BCUT2D eigenvalue weighted by Crippen LogP contribution is -2.49. The van der Waals surface area contributed by atoms with Crippen LogP contribution in [0.2, 0.25) is 0 Å². The first-order valence-electron chi connectivity index (χ1n) is 5.40. The number of anilines is 1. The van der Waals surface area contributed by atoms with E-state index in [0.717, 1.165) is 4.60 Å². The minimum atomic E-state index is -0.404. The highest BCUT2D eigenvalue weighted by Gasteiger charge is 2.26. The van der Waals surface area contributed by atoms with Crippen LogP contribution in [-0.4, -0.2) is 27.9 Å². The topological polar surface area (TPSA) is 66.7 Å². The third-order valence-electron chi connectivity index (χ3n) is 2.81. The number of amides is 3. The van der Waals surface area contributed by atoms with E-state index in [2.05, 4.69) is 26.2 Å². The predicted molar refractivity (Wildman–Crippen MR) is 68.4 cm³/mol. The van der Waals surface area contributed by atoms with Crippen molar-refractivity contribution in [1.29, 1.82) is 0 Å². The number of carbonyl (C=O) groups excluding carboxylic acids is 2. The van der Waals surface area contributed by atoms with E-state index in [1.54, 1.807) is 6.20 Å². The van der Waals surface area contributed by atoms with Crippen molar-refractivity contribution >= 4 is 39.2 Å². The molecule has 92 valence electrons. The lowest BCUT2D eigenvalue weighted by molar-refractivity contribution is -0.120. The van der Waals surface area contributed by atoms with Gasteiger partial charge in [-0.05, 0) is 28.1 Å². The van der Waals surface area contributed by atoms with Gasteiger partial charge >= 0.3 is 6.03 Å². The van der Waals surface area contributed by atoms with E-state index in [1.165, 1.54) is 4.90 Å². The number of imide groups is 1. The molecular formula is C11H9BrN4O2. The Morgan fingerprint density at radius 3 is 3.00 bits per heavy atom. The normalized spacial score (nSPS) is 16.2. The predicted octanol–water partition coefficient (Wildman–Crippen LogP) is 1.54. The van der Waals surface area contributed by atoms with Crippen molar-refractivity contribution in [2.45, 2.75) is 6.42 Å². The molecule has 3 amide bonds. The van der Waals surface area contributed by atoms with Crippen molar-refractivity contribution in [1.82, 2.24) is 14.7 Å². The smallest absolute Gasteiger partial charge is 0.292 e. The summed E-state index contributed by atoms with van der Waals surface area (Å²) < 4.78 is 2.65. The molecule has 0 bridgehead atoms. The maximum absolute atomic E-state index is 11.8. The molecule has 0 radical (unpaired) electrons. The molecule has 0 saturated carbocycles. The molecule has 1 saturated heterocycles. The number of carbonyl (C=O) groups is 2. The standard InChI is InChI=1S/C11H9BrN4O2/c12-8-6-13-10-7(2-1-4-16(8)10)15-5-3-9(17)14-11(15)18/h1-2,4,6H,3,5H2,(H,14,17,18). The number of halogens is 1. The molecule has 2 aromatic rings. The fourth-order valence-corrected chi connectivity index (χ4v) is 2.36. The molecular weight excluding hydrogens is 300 g/mol. The highest BCUT2D eigenvalue weighted by Crippen LogP contribution is 2.24. The molecule has 3 heterocycles. The van der Waals surface area contributed by atoms with Crippen LogP contribution in [0, 0.1) is 0 Å². The minimum Gasteiger partial charge on any atom is -0.292 e. The van der Waals surface area contributed by atoms with Gasteiger partial charge in [-0.2, -0.15) is 0 Å². The third-order valence-corrected chi connectivity index (χ3v) is 3.40. The lowest BCUT2D eigenvalue weighted by Gasteiger charge is -2.26. The molecule has 6 nitrogen and oxygen atoms in total. The average molecular weight is 309 g/mol. The van der Waals surface area contributed by atoms with Crippen molar-refractivity contribution in [3.63, 3.8) is 0 Å². The fourth-order valence-electron chi connectivity index (χ4n) is 1.97. The molecule has 18 heavy (non-hydrogen) atoms. The lowest BCUT2D eigenvalue weighted by atomic mass is 10.2. The Balaban J connectivity index is 2.09. The van der Waals surface area contributed by atoms with Crippen LogP contribution in [0.3, 0.4) is 0 Å². The maximum Gasteiger partial charge on any atom is 0.328 e. The van der Waals surface area contributed by atoms with Crippen molar-refractivity contribution in [3.8, 4) is 0 Å². The zero-order valence-electron chi connectivity index (χ0n) is 9.26. The molecule has 7 heteroatoms. The number of aromatic nitrogens is 2. The van der Waals surface area contributed by atoms with Crippen LogP contribution in [0.1, 0.15) is 6.42 Å². The molecule has 0 aliphatic carbocycles. The van der Waals surface area contributed by atoms with E-state index in [-0.39, 0.29) is 5.91 Å². The Morgan fingerprint density at radius 1 is 1.39 bits per heavy atom. The second-order valence-electron chi connectivity index (χ2n) is 3.92. The van der Waals surface area contributed by atoms with Gasteiger partial charge in [-0.1, -0.05) is 0 Å². The van der Waals surface area contributed by atoms with E-state index in [0.29, 0.717) is 24.3 Å². The number of fused-ring (bicyclic) bond motifs is 1. The number of urea groups is 1. The van der Waals surface area contributed by atoms with Crippen LogP contribution < -0.4 is 10.2 Å². The molecule has 1 N–H and O–H groups in total. The quantitative estimate of drug-likeness (QED) is 0.869. The number of pyridine rings is 1. The first-order chi connectivity index (χ1) is 8.66. The second-order valence-corrected chi connectivity index (χ2v) is 4.74. The Bertz CT molecular complexity index is 652. The Morgan fingerprint density at radius 2 is 2.22 bits per heavy atom. The molecule has 0 unspecified atom stereocenters. The Labute approximate surface area is 111 Å². The number of imidazole rings is 1. The minimum absolute atomic E-state index is 0.243. The highest BCUT2D eigenvalue weighted by atomic mass is 79.9. The summed E-state index contributed by atoms with van der Waals surface area (Å²) in [6.07, 6.45) is 3.82. The van der Waals surface area contributed by atoms with Gasteiger partial charge in [0.2, 0.25) is 5.91 Å². The van der Waals surface area contributed by atoms with Gasteiger partial charge in [0.15, 0.2) is 5.65 Å². The van der Waals surface area contributed by atoms with Crippen molar-refractivity contribution < 1.29 is 9.59 Å². The summed E-state index contributed by atoms with van der Waals surface area (Å²) in [7, 11) is 0. The van der Waals surface area contributed by atoms with Crippen molar-refractivity contribution in [3.05, 3.63) is 29.1 Å². The van der Waals surface area contributed by atoms with Crippen LogP contribution in [-0.2, 0) is 4.79 Å². The summed E-state index contributed by atoms with van der Waals surface area (Å²) >= 11 is 3.38. The number of hydrogen-bond acceptors (Lipinski definition) is 3. The Hall–Kier alpha value is -1.89. The maximum atomic E-state index is 11.8. The average Bonchev–Trinajstić information content (AvgIpc) is 2.72. The largest absolute Gasteiger partial charge is 0.328 e. The van der Waals surface area contributed by atoms with Crippen LogP contribution in [0.5, 0.6) is 0 Å². The first-order valence-corrected chi connectivity index (χ1v) is 6.19. The van der Waals surface area contributed by atoms with Gasteiger partial charge in [0.05, 0.1) is 11.9 Å². The summed E-state index contributed by atoms with van der Waals surface area (Å²) in [5.74, 6) is -0.243.